The minimum atomic E-state index is -0.241. The van der Waals surface area contributed by atoms with Crippen molar-refractivity contribution in [1.29, 1.82) is 0 Å². The molecular weight excluding hydrogens is 295 g/mol. The number of likely N-dealkylation sites (tertiary alicyclic amines) is 1. The van der Waals surface area contributed by atoms with Crippen molar-refractivity contribution in [2.75, 3.05) is 33.3 Å². The number of carbonyl (C=O) groups excluding carboxylic acids is 1. The van der Waals surface area contributed by atoms with Gasteiger partial charge in [0.05, 0.1) is 13.2 Å². The smallest absolute Gasteiger partial charge is 0.236 e. The van der Waals surface area contributed by atoms with Crippen LogP contribution in [0.15, 0.2) is 24.3 Å². The maximum atomic E-state index is 13.7. The number of aliphatic hydroxyl groups excluding tert-OH is 1. The van der Waals surface area contributed by atoms with Crippen LogP contribution in [0.4, 0.5) is 4.39 Å². The minimum Gasteiger partial charge on any atom is -0.396 e. The third-order valence-electron chi connectivity index (χ3n) is 4.90. The Kier molecular flexibility index (Phi) is 6.13. The molecule has 1 fully saturated rings. The zero-order valence-corrected chi connectivity index (χ0v) is 14.1. The summed E-state index contributed by atoms with van der Waals surface area (Å²) in [6, 6.07) is 6.64. The molecular formula is C18H27FN2O2. The molecule has 1 aliphatic rings. The summed E-state index contributed by atoms with van der Waals surface area (Å²) in [7, 11) is 1.83. The number of halogens is 1. The fraction of sp³-hybridized carbons (Fsp3) is 0.611. The summed E-state index contributed by atoms with van der Waals surface area (Å²) in [5.41, 5.74) is 0.442. The van der Waals surface area contributed by atoms with E-state index in [9.17, 15) is 14.3 Å². The van der Waals surface area contributed by atoms with Crippen LogP contribution in [0.5, 0.6) is 0 Å². The van der Waals surface area contributed by atoms with Crippen LogP contribution in [0.2, 0.25) is 0 Å². The first-order chi connectivity index (χ1) is 11.0. The standard InChI is InChI=1S/C18H27FN2O2/c1-3-18(14-22)9-6-10-21(13-18)17(23)12-20(2)11-15-7-4-5-8-16(15)19/h4-5,7-8,22H,3,6,9-14H2,1-2H3. The highest BCUT2D eigenvalue weighted by Gasteiger charge is 2.35. The number of benzene rings is 1. The Balaban J connectivity index is 1.92. The lowest BCUT2D eigenvalue weighted by atomic mass is 9.78. The van der Waals surface area contributed by atoms with Gasteiger partial charge in [0, 0.05) is 30.6 Å². The maximum absolute atomic E-state index is 13.7. The monoisotopic (exact) mass is 322 g/mol. The van der Waals surface area contributed by atoms with E-state index in [1.54, 1.807) is 18.2 Å². The minimum absolute atomic E-state index is 0.0508. The maximum Gasteiger partial charge on any atom is 0.236 e. The molecule has 1 amide bonds. The van der Waals surface area contributed by atoms with Gasteiger partial charge in [-0.25, -0.2) is 4.39 Å². The van der Waals surface area contributed by atoms with Gasteiger partial charge in [0.25, 0.3) is 0 Å². The third-order valence-corrected chi connectivity index (χ3v) is 4.90. The Morgan fingerprint density at radius 3 is 2.83 bits per heavy atom. The summed E-state index contributed by atoms with van der Waals surface area (Å²) in [5, 5.41) is 9.66. The zero-order valence-electron chi connectivity index (χ0n) is 14.1. The van der Waals surface area contributed by atoms with E-state index in [0.29, 0.717) is 18.7 Å². The van der Waals surface area contributed by atoms with Crippen LogP contribution in [0, 0.1) is 11.2 Å². The molecule has 1 unspecified atom stereocenters. The van der Waals surface area contributed by atoms with Crippen molar-refractivity contribution in [2.24, 2.45) is 5.41 Å². The fourth-order valence-electron chi connectivity index (χ4n) is 3.25. The van der Waals surface area contributed by atoms with Crippen LogP contribution in [-0.4, -0.2) is 54.1 Å². The van der Waals surface area contributed by atoms with Crippen molar-refractivity contribution in [3.63, 3.8) is 0 Å². The van der Waals surface area contributed by atoms with Crippen LogP contribution >= 0.6 is 0 Å². The van der Waals surface area contributed by atoms with Crippen molar-refractivity contribution in [3.8, 4) is 0 Å². The van der Waals surface area contributed by atoms with Crippen LogP contribution < -0.4 is 0 Å². The molecule has 1 saturated heterocycles. The number of aliphatic hydroxyl groups is 1. The summed E-state index contributed by atoms with van der Waals surface area (Å²) in [6.45, 7) is 4.22. The van der Waals surface area contributed by atoms with Crippen molar-refractivity contribution >= 4 is 5.91 Å². The predicted molar refractivity (Wildman–Crippen MR) is 88.4 cm³/mol. The Bertz CT molecular complexity index is 532. The summed E-state index contributed by atoms with van der Waals surface area (Å²) in [6.07, 6.45) is 2.77. The number of piperidine rings is 1. The van der Waals surface area contributed by atoms with Gasteiger partial charge in [-0.3, -0.25) is 9.69 Å². The molecule has 1 aromatic rings. The average molecular weight is 322 g/mol. The highest BCUT2D eigenvalue weighted by atomic mass is 19.1. The molecule has 4 nitrogen and oxygen atoms in total. The molecule has 23 heavy (non-hydrogen) atoms. The molecule has 1 atom stereocenters. The molecule has 0 radical (unpaired) electrons. The van der Waals surface area contributed by atoms with Gasteiger partial charge in [0.2, 0.25) is 5.91 Å². The van der Waals surface area contributed by atoms with Crippen LogP contribution in [0.3, 0.4) is 0 Å². The van der Waals surface area contributed by atoms with E-state index in [1.807, 2.05) is 16.8 Å². The molecule has 0 saturated carbocycles. The first-order valence-corrected chi connectivity index (χ1v) is 8.30. The van der Waals surface area contributed by atoms with Crippen LogP contribution in [-0.2, 0) is 11.3 Å². The normalized spacial score (nSPS) is 21.7. The van der Waals surface area contributed by atoms with E-state index in [0.717, 1.165) is 25.8 Å². The summed E-state index contributed by atoms with van der Waals surface area (Å²) >= 11 is 0. The Hall–Kier alpha value is -1.46. The first kappa shape index (κ1) is 17.9. The van der Waals surface area contributed by atoms with Gasteiger partial charge in [-0.1, -0.05) is 25.1 Å². The lowest BCUT2D eigenvalue weighted by Gasteiger charge is -2.41. The fourth-order valence-corrected chi connectivity index (χ4v) is 3.25. The zero-order chi connectivity index (χ0) is 16.9. The van der Waals surface area contributed by atoms with Gasteiger partial charge >= 0.3 is 0 Å². The molecule has 0 aromatic heterocycles. The van der Waals surface area contributed by atoms with Crippen LogP contribution in [0.25, 0.3) is 0 Å². The molecule has 2 rings (SSSR count). The van der Waals surface area contributed by atoms with Gasteiger partial charge in [-0.05, 0) is 32.4 Å². The van der Waals surface area contributed by atoms with Crippen molar-refractivity contribution in [3.05, 3.63) is 35.6 Å². The second kappa shape index (κ2) is 7.88. The van der Waals surface area contributed by atoms with Gasteiger partial charge in [-0.15, -0.1) is 0 Å². The van der Waals surface area contributed by atoms with E-state index in [2.05, 4.69) is 6.92 Å². The molecule has 1 N–H and O–H groups in total. The third kappa shape index (κ3) is 4.52. The largest absolute Gasteiger partial charge is 0.396 e. The number of amides is 1. The SMILES string of the molecule is CCC1(CO)CCCN(C(=O)CN(C)Cc2ccccc2F)C1. The second-order valence-corrected chi connectivity index (χ2v) is 6.69. The van der Waals surface area contributed by atoms with E-state index >= 15 is 0 Å². The Morgan fingerprint density at radius 2 is 2.17 bits per heavy atom. The highest BCUT2D eigenvalue weighted by Crippen LogP contribution is 2.32. The first-order valence-electron chi connectivity index (χ1n) is 8.30. The van der Waals surface area contributed by atoms with E-state index in [-0.39, 0.29) is 30.3 Å². The molecule has 0 spiro atoms. The summed E-state index contributed by atoms with van der Waals surface area (Å²) in [5.74, 6) is -0.190. The van der Waals surface area contributed by atoms with E-state index in [4.69, 9.17) is 0 Å². The van der Waals surface area contributed by atoms with Crippen molar-refractivity contribution in [2.45, 2.75) is 32.7 Å². The number of hydrogen-bond donors (Lipinski definition) is 1. The topological polar surface area (TPSA) is 43.8 Å². The summed E-state index contributed by atoms with van der Waals surface area (Å²) in [4.78, 5) is 16.2. The van der Waals surface area contributed by atoms with E-state index in [1.165, 1.54) is 6.07 Å². The Labute approximate surface area is 137 Å². The lowest BCUT2D eigenvalue weighted by molar-refractivity contribution is -0.136. The number of nitrogens with zero attached hydrogens (tertiary/aromatic N) is 2. The van der Waals surface area contributed by atoms with Gasteiger partial charge in [-0.2, -0.15) is 0 Å². The molecule has 1 aromatic carbocycles. The van der Waals surface area contributed by atoms with Gasteiger partial charge in [0.15, 0.2) is 0 Å². The molecule has 1 aliphatic heterocycles. The predicted octanol–water partition coefficient (Wildman–Crippen LogP) is 2.27. The quantitative estimate of drug-likeness (QED) is 0.874. The number of likely N-dealkylation sites (N-methyl/N-ethyl adjacent to an activating group) is 1. The highest BCUT2D eigenvalue weighted by molar-refractivity contribution is 5.78. The van der Waals surface area contributed by atoms with Crippen molar-refractivity contribution in [1.82, 2.24) is 9.80 Å². The lowest BCUT2D eigenvalue weighted by Crippen LogP contribution is -2.50. The summed E-state index contributed by atoms with van der Waals surface area (Å²) < 4.78 is 13.7. The molecule has 5 heteroatoms. The van der Waals surface area contributed by atoms with E-state index < -0.39 is 0 Å². The molecule has 128 valence electrons. The molecule has 0 bridgehead atoms. The van der Waals surface area contributed by atoms with Crippen molar-refractivity contribution < 1.29 is 14.3 Å². The number of carbonyl (C=O) groups is 1. The van der Waals surface area contributed by atoms with Crippen LogP contribution in [0.1, 0.15) is 31.7 Å². The number of rotatable bonds is 6. The van der Waals surface area contributed by atoms with Gasteiger partial charge < -0.3 is 10.0 Å². The number of hydrogen-bond acceptors (Lipinski definition) is 3. The second-order valence-electron chi connectivity index (χ2n) is 6.69. The molecule has 1 heterocycles. The average Bonchev–Trinajstić information content (AvgIpc) is 2.57. The van der Waals surface area contributed by atoms with Gasteiger partial charge in [0.1, 0.15) is 5.82 Å². The Morgan fingerprint density at radius 1 is 1.43 bits per heavy atom. The molecule has 0 aliphatic carbocycles.